The highest BCUT2D eigenvalue weighted by molar-refractivity contribution is 9.10. The molecule has 3 aromatic rings. The molecule has 0 aliphatic heterocycles. The van der Waals surface area contributed by atoms with Crippen molar-refractivity contribution in [3.63, 3.8) is 0 Å². The third kappa shape index (κ3) is 5.51. The molecule has 0 amide bonds. The van der Waals surface area contributed by atoms with Crippen LogP contribution < -0.4 is 4.74 Å². The highest BCUT2D eigenvalue weighted by Gasteiger charge is 2.26. The summed E-state index contributed by atoms with van der Waals surface area (Å²) in [6.45, 7) is 4.30. The highest BCUT2D eigenvalue weighted by atomic mass is 79.9. The molecule has 0 radical (unpaired) electrons. The van der Waals surface area contributed by atoms with E-state index in [1.165, 1.54) is 5.56 Å². The zero-order chi connectivity index (χ0) is 20.8. The van der Waals surface area contributed by atoms with Gasteiger partial charge >= 0.3 is 5.97 Å². The van der Waals surface area contributed by atoms with Crippen LogP contribution in [0.25, 0.3) is 0 Å². The summed E-state index contributed by atoms with van der Waals surface area (Å²) in [5.41, 5.74) is 4.20. The predicted octanol–water partition coefficient (Wildman–Crippen LogP) is 5.86. The van der Waals surface area contributed by atoms with Crippen LogP contribution in [-0.4, -0.2) is 18.1 Å². The van der Waals surface area contributed by atoms with Gasteiger partial charge in [0.1, 0.15) is 12.4 Å². The van der Waals surface area contributed by atoms with Crippen molar-refractivity contribution < 1.29 is 14.3 Å². The Hall–Kier alpha value is -2.53. The van der Waals surface area contributed by atoms with Crippen molar-refractivity contribution in [2.75, 3.05) is 7.11 Å². The standard InChI is InChI=1S/C24H26BrNO3/c1-16(2)23(18-6-10-21(28-3)11-7-18)24(27)29-15-22-19(12-13-26-22)14-17-4-8-20(25)9-5-17/h4-13,16,23,26H,14-15H2,1-3H3. The van der Waals surface area contributed by atoms with Crippen LogP contribution in [-0.2, 0) is 22.6 Å². The Kier molecular flexibility index (Phi) is 7.15. The predicted molar refractivity (Wildman–Crippen MR) is 118 cm³/mol. The number of halogens is 1. The first-order valence-corrected chi connectivity index (χ1v) is 10.5. The van der Waals surface area contributed by atoms with Crippen molar-refractivity contribution in [1.82, 2.24) is 4.98 Å². The summed E-state index contributed by atoms with van der Waals surface area (Å²) in [5.74, 6) is 0.371. The summed E-state index contributed by atoms with van der Waals surface area (Å²) >= 11 is 3.46. The number of esters is 1. The maximum atomic E-state index is 12.9. The van der Waals surface area contributed by atoms with Crippen LogP contribution in [0.2, 0.25) is 0 Å². The van der Waals surface area contributed by atoms with Gasteiger partial charge in [-0.1, -0.05) is 54.0 Å². The average Bonchev–Trinajstić information content (AvgIpc) is 3.15. The van der Waals surface area contributed by atoms with Gasteiger partial charge in [-0.25, -0.2) is 0 Å². The minimum absolute atomic E-state index is 0.127. The van der Waals surface area contributed by atoms with Crippen LogP contribution >= 0.6 is 15.9 Å². The van der Waals surface area contributed by atoms with Crippen molar-refractivity contribution in [2.24, 2.45) is 5.92 Å². The Balaban J connectivity index is 1.67. The first-order valence-electron chi connectivity index (χ1n) is 9.68. The fraction of sp³-hybridized carbons (Fsp3) is 0.292. The molecule has 1 aromatic heterocycles. The lowest BCUT2D eigenvalue weighted by atomic mass is 9.88. The summed E-state index contributed by atoms with van der Waals surface area (Å²) in [4.78, 5) is 16.1. The van der Waals surface area contributed by atoms with Crippen molar-refractivity contribution in [2.45, 2.75) is 32.8 Å². The normalized spacial score (nSPS) is 12.0. The molecule has 0 aliphatic rings. The van der Waals surface area contributed by atoms with Gasteiger partial charge in [0.25, 0.3) is 0 Å². The first-order chi connectivity index (χ1) is 14.0. The minimum atomic E-state index is -0.314. The summed E-state index contributed by atoms with van der Waals surface area (Å²) < 4.78 is 12.0. The maximum absolute atomic E-state index is 12.9. The van der Waals surface area contributed by atoms with E-state index in [1.807, 2.05) is 62.5 Å². The first kappa shape index (κ1) is 21.2. The molecule has 0 saturated heterocycles. The van der Waals surface area contributed by atoms with Crippen molar-refractivity contribution >= 4 is 21.9 Å². The molecule has 0 spiro atoms. The van der Waals surface area contributed by atoms with Gasteiger partial charge in [0, 0.05) is 10.7 Å². The van der Waals surface area contributed by atoms with Gasteiger partial charge in [-0.05, 0) is 59.4 Å². The molecule has 1 atom stereocenters. The molecule has 1 heterocycles. The number of aromatic amines is 1. The number of hydrogen-bond acceptors (Lipinski definition) is 3. The summed E-state index contributed by atoms with van der Waals surface area (Å²) in [7, 11) is 1.63. The lowest BCUT2D eigenvalue weighted by Crippen LogP contribution is -2.21. The second-order valence-corrected chi connectivity index (χ2v) is 8.30. The molecule has 0 saturated carbocycles. The number of rotatable bonds is 8. The smallest absolute Gasteiger partial charge is 0.314 e. The van der Waals surface area contributed by atoms with Gasteiger partial charge in [0.15, 0.2) is 0 Å². The summed E-state index contributed by atoms with van der Waals surface area (Å²) in [6, 6.07) is 17.9. The number of benzene rings is 2. The van der Waals surface area contributed by atoms with Crippen molar-refractivity contribution in [3.8, 4) is 5.75 Å². The van der Waals surface area contributed by atoms with E-state index in [2.05, 4.69) is 33.0 Å². The largest absolute Gasteiger partial charge is 0.497 e. The number of H-pyrrole nitrogens is 1. The number of carbonyl (C=O) groups is 1. The van der Waals surface area contributed by atoms with E-state index >= 15 is 0 Å². The zero-order valence-electron chi connectivity index (χ0n) is 16.9. The van der Waals surface area contributed by atoms with Gasteiger partial charge in [-0.3, -0.25) is 4.79 Å². The van der Waals surface area contributed by atoms with Gasteiger partial charge < -0.3 is 14.5 Å². The molecule has 152 valence electrons. The Morgan fingerprint density at radius 2 is 1.72 bits per heavy atom. The average molecular weight is 456 g/mol. The Bertz CT molecular complexity index is 930. The van der Waals surface area contributed by atoms with E-state index in [0.29, 0.717) is 0 Å². The summed E-state index contributed by atoms with van der Waals surface area (Å²) in [6.07, 6.45) is 2.68. The SMILES string of the molecule is COc1ccc(C(C(=O)OCc2[nH]ccc2Cc2ccc(Br)cc2)C(C)C)cc1. The van der Waals surface area contributed by atoms with Gasteiger partial charge in [0.2, 0.25) is 0 Å². The van der Waals surface area contributed by atoms with Crippen LogP contribution in [0.3, 0.4) is 0 Å². The van der Waals surface area contributed by atoms with Crippen LogP contribution in [0.1, 0.15) is 42.1 Å². The van der Waals surface area contributed by atoms with Crippen LogP contribution in [0, 0.1) is 5.92 Å². The number of aromatic nitrogens is 1. The second-order valence-electron chi connectivity index (χ2n) is 7.39. The van der Waals surface area contributed by atoms with E-state index in [1.54, 1.807) is 7.11 Å². The van der Waals surface area contributed by atoms with E-state index in [-0.39, 0.29) is 24.4 Å². The third-order valence-corrected chi connectivity index (χ3v) is 5.52. The van der Waals surface area contributed by atoms with Crippen LogP contribution in [0.5, 0.6) is 5.75 Å². The number of carbonyl (C=O) groups excluding carboxylic acids is 1. The van der Waals surface area contributed by atoms with Crippen molar-refractivity contribution in [3.05, 3.63) is 87.7 Å². The molecule has 29 heavy (non-hydrogen) atoms. The number of methoxy groups -OCH3 is 1. The van der Waals surface area contributed by atoms with Gasteiger partial charge in [-0.15, -0.1) is 0 Å². The van der Waals surface area contributed by atoms with Crippen LogP contribution in [0.4, 0.5) is 0 Å². The topological polar surface area (TPSA) is 51.3 Å². The van der Waals surface area contributed by atoms with E-state index in [9.17, 15) is 4.79 Å². The zero-order valence-corrected chi connectivity index (χ0v) is 18.5. The monoisotopic (exact) mass is 455 g/mol. The molecule has 0 bridgehead atoms. The molecule has 1 unspecified atom stereocenters. The minimum Gasteiger partial charge on any atom is -0.497 e. The third-order valence-electron chi connectivity index (χ3n) is 4.99. The fourth-order valence-electron chi connectivity index (χ4n) is 3.40. The second kappa shape index (κ2) is 9.79. The van der Waals surface area contributed by atoms with Gasteiger partial charge in [0.05, 0.1) is 18.7 Å². The highest BCUT2D eigenvalue weighted by Crippen LogP contribution is 2.28. The molecule has 3 rings (SSSR count). The quantitative estimate of drug-likeness (QED) is 0.432. The molecule has 2 aromatic carbocycles. The Morgan fingerprint density at radius 3 is 2.34 bits per heavy atom. The maximum Gasteiger partial charge on any atom is 0.314 e. The van der Waals surface area contributed by atoms with E-state index in [4.69, 9.17) is 9.47 Å². The Labute approximate surface area is 180 Å². The van der Waals surface area contributed by atoms with E-state index < -0.39 is 0 Å². The molecule has 1 N–H and O–H groups in total. The molecule has 0 fully saturated rings. The van der Waals surface area contributed by atoms with Gasteiger partial charge in [-0.2, -0.15) is 0 Å². The van der Waals surface area contributed by atoms with Crippen LogP contribution in [0.15, 0.2) is 65.3 Å². The van der Waals surface area contributed by atoms with E-state index in [0.717, 1.165) is 33.5 Å². The molecule has 5 heteroatoms. The lowest BCUT2D eigenvalue weighted by molar-refractivity contribution is -0.148. The Morgan fingerprint density at radius 1 is 1.03 bits per heavy atom. The number of nitrogens with one attached hydrogen (secondary N) is 1. The summed E-state index contributed by atoms with van der Waals surface area (Å²) in [5, 5.41) is 0. The number of ether oxygens (including phenoxy) is 2. The molecular formula is C24H26BrNO3. The number of hydrogen-bond donors (Lipinski definition) is 1. The molecule has 4 nitrogen and oxygen atoms in total. The fourth-order valence-corrected chi connectivity index (χ4v) is 3.66. The molecular weight excluding hydrogens is 430 g/mol. The lowest BCUT2D eigenvalue weighted by Gasteiger charge is -2.20. The van der Waals surface area contributed by atoms with Crippen molar-refractivity contribution in [1.29, 1.82) is 0 Å². The molecule has 0 aliphatic carbocycles.